The Morgan fingerprint density at radius 2 is 1.94 bits per heavy atom. The van der Waals surface area contributed by atoms with Crippen LogP contribution in [0.25, 0.3) is 39.3 Å². The summed E-state index contributed by atoms with van der Waals surface area (Å²) in [7, 11) is 0. The van der Waals surface area contributed by atoms with Gasteiger partial charge in [0.05, 0.1) is 29.7 Å². The summed E-state index contributed by atoms with van der Waals surface area (Å²) in [6.45, 7) is 0. The number of nitriles is 1. The second-order valence-corrected chi connectivity index (χ2v) is 7.57. The molecule has 34 heavy (non-hydrogen) atoms. The van der Waals surface area contributed by atoms with E-state index in [1.54, 1.807) is 35.1 Å². The average molecular weight is 445 g/mol. The van der Waals surface area contributed by atoms with Crippen LogP contribution < -0.4 is 5.73 Å². The molecule has 2 N–H and O–H groups in total. The minimum absolute atomic E-state index is 0.224. The topological polar surface area (TPSA) is 145 Å². The Kier molecular flexibility index (Phi) is 4.45. The molecule has 0 unspecified atom stereocenters. The molecule has 0 spiro atoms. The molecule has 0 atom stereocenters. The van der Waals surface area contributed by atoms with Gasteiger partial charge in [0.25, 0.3) is 0 Å². The lowest BCUT2D eigenvalue weighted by Crippen LogP contribution is -2.05. The second kappa shape index (κ2) is 7.75. The molecule has 162 valence electrons. The quantitative estimate of drug-likeness (QED) is 0.431. The summed E-state index contributed by atoms with van der Waals surface area (Å²) in [5, 5.41) is 22.1. The molecule has 6 rings (SSSR count). The molecule has 0 radical (unpaired) electrons. The van der Waals surface area contributed by atoms with Gasteiger partial charge in [0.1, 0.15) is 11.2 Å². The number of nitrogen functional groups attached to an aromatic ring is 1. The van der Waals surface area contributed by atoms with Gasteiger partial charge in [-0.2, -0.15) is 20.6 Å². The molecule has 4 aromatic heterocycles. The summed E-state index contributed by atoms with van der Waals surface area (Å²) in [6.07, 6.45) is 5.07. The fourth-order valence-electron chi connectivity index (χ4n) is 3.96. The number of fused-ring (bicyclic) bond motifs is 2. The van der Waals surface area contributed by atoms with E-state index >= 15 is 0 Å². The molecule has 0 aliphatic heterocycles. The molecular formula is C24H15N9O. The number of nitrogens with zero attached hydrogens (tertiary/aromatic N) is 8. The molecule has 6 aromatic rings. The summed E-state index contributed by atoms with van der Waals surface area (Å²) in [5.41, 5.74) is 12.3. The van der Waals surface area contributed by atoms with Crippen LogP contribution in [0.4, 0.5) is 5.82 Å². The summed E-state index contributed by atoms with van der Waals surface area (Å²) in [6, 6.07) is 16.9. The van der Waals surface area contributed by atoms with Gasteiger partial charge in [-0.15, -0.1) is 0 Å². The lowest BCUT2D eigenvalue weighted by molar-refractivity contribution is 0.602. The zero-order valence-electron chi connectivity index (χ0n) is 17.6. The van der Waals surface area contributed by atoms with E-state index in [2.05, 4.69) is 31.2 Å². The van der Waals surface area contributed by atoms with Crippen molar-refractivity contribution in [2.24, 2.45) is 0 Å². The van der Waals surface area contributed by atoms with E-state index in [9.17, 15) is 5.26 Å². The summed E-state index contributed by atoms with van der Waals surface area (Å²) < 4.78 is 7.08. The number of aromatic nitrogens is 7. The highest BCUT2D eigenvalue weighted by molar-refractivity contribution is 5.83. The number of benzene rings is 2. The maximum atomic E-state index is 9.37. The first-order valence-electron chi connectivity index (χ1n) is 10.3. The molecular weight excluding hydrogens is 430 g/mol. The predicted octanol–water partition coefficient (Wildman–Crippen LogP) is 3.43. The molecule has 0 saturated heterocycles. The summed E-state index contributed by atoms with van der Waals surface area (Å²) >= 11 is 0. The van der Waals surface area contributed by atoms with Crippen LogP contribution in [-0.4, -0.2) is 34.8 Å². The Hall–Kier alpha value is -5.17. The molecule has 10 heteroatoms. The van der Waals surface area contributed by atoms with Crippen LogP contribution in [0.1, 0.15) is 17.0 Å². The van der Waals surface area contributed by atoms with Gasteiger partial charge in [-0.3, -0.25) is 0 Å². The Morgan fingerprint density at radius 1 is 1.03 bits per heavy atom. The molecule has 0 amide bonds. The molecule has 0 saturated carbocycles. The lowest BCUT2D eigenvalue weighted by Gasteiger charge is -2.12. The largest absolute Gasteiger partial charge is 0.443 e. The van der Waals surface area contributed by atoms with Gasteiger partial charge in [0.15, 0.2) is 29.3 Å². The van der Waals surface area contributed by atoms with E-state index in [0.29, 0.717) is 40.4 Å². The third kappa shape index (κ3) is 3.20. The fraction of sp³-hybridized carbons (Fsp3) is 0.0417. The van der Waals surface area contributed by atoms with Crippen molar-refractivity contribution in [2.75, 3.05) is 5.73 Å². The van der Waals surface area contributed by atoms with E-state index in [1.807, 2.05) is 30.3 Å². The van der Waals surface area contributed by atoms with E-state index in [0.717, 1.165) is 22.2 Å². The molecule has 4 heterocycles. The summed E-state index contributed by atoms with van der Waals surface area (Å²) in [5.74, 6) is 0.775. The number of oxazole rings is 1. The zero-order chi connectivity index (χ0) is 23.1. The number of anilines is 1. The highest BCUT2D eigenvalue weighted by Crippen LogP contribution is 2.33. The SMILES string of the molecule is N#Cc1cccc(-c2nc(N)c3nc(Cc4cccc5ocnc45)nn3c2-c2ccnnc2)c1. The van der Waals surface area contributed by atoms with Crippen LogP contribution in [0, 0.1) is 11.3 Å². The minimum Gasteiger partial charge on any atom is -0.443 e. The zero-order valence-corrected chi connectivity index (χ0v) is 17.6. The number of nitrogens with two attached hydrogens (primary N) is 1. The highest BCUT2D eigenvalue weighted by atomic mass is 16.3. The van der Waals surface area contributed by atoms with Crippen LogP contribution in [0.3, 0.4) is 0 Å². The van der Waals surface area contributed by atoms with Gasteiger partial charge in [-0.05, 0) is 29.8 Å². The van der Waals surface area contributed by atoms with Crippen molar-refractivity contribution < 1.29 is 4.42 Å². The van der Waals surface area contributed by atoms with Crippen molar-refractivity contribution in [2.45, 2.75) is 6.42 Å². The van der Waals surface area contributed by atoms with E-state index in [1.165, 1.54) is 6.39 Å². The van der Waals surface area contributed by atoms with Crippen molar-refractivity contribution in [1.82, 2.24) is 34.8 Å². The maximum absolute atomic E-state index is 9.37. The number of hydrogen-bond donors (Lipinski definition) is 1. The van der Waals surface area contributed by atoms with Crippen LogP contribution in [-0.2, 0) is 6.42 Å². The fourth-order valence-corrected chi connectivity index (χ4v) is 3.96. The molecule has 0 aliphatic carbocycles. The molecule has 0 aliphatic rings. The van der Waals surface area contributed by atoms with Crippen molar-refractivity contribution in [3.63, 3.8) is 0 Å². The van der Waals surface area contributed by atoms with Crippen LogP contribution in [0.15, 0.2) is 71.7 Å². The van der Waals surface area contributed by atoms with Gasteiger partial charge in [-0.25, -0.2) is 19.5 Å². The van der Waals surface area contributed by atoms with Crippen LogP contribution >= 0.6 is 0 Å². The van der Waals surface area contributed by atoms with E-state index in [4.69, 9.17) is 15.2 Å². The van der Waals surface area contributed by atoms with Crippen LogP contribution in [0.5, 0.6) is 0 Å². The molecule has 0 fully saturated rings. The number of hydrogen-bond acceptors (Lipinski definition) is 9. The van der Waals surface area contributed by atoms with Gasteiger partial charge in [0.2, 0.25) is 0 Å². The van der Waals surface area contributed by atoms with Gasteiger partial charge < -0.3 is 10.2 Å². The summed E-state index contributed by atoms with van der Waals surface area (Å²) in [4.78, 5) is 13.6. The van der Waals surface area contributed by atoms with Gasteiger partial charge in [0, 0.05) is 17.5 Å². The molecule has 2 aromatic carbocycles. The third-order valence-electron chi connectivity index (χ3n) is 5.46. The maximum Gasteiger partial charge on any atom is 0.198 e. The monoisotopic (exact) mass is 445 g/mol. The van der Waals surface area contributed by atoms with Crippen LogP contribution in [0.2, 0.25) is 0 Å². The lowest BCUT2D eigenvalue weighted by atomic mass is 10.0. The minimum atomic E-state index is 0.224. The van der Waals surface area contributed by atoms with Gasteiger partial charge >= 0.3 is 0 Å². The van der Waals surface area contributed by atoms with Crippen molar-refractivity contribution in [1.29, 1.82) is 5.26 Å². The Labute approximate surface area is 192 Å². The van der Waals surface area contributed by atoms with E-state index < -0.39 is 0 Å². The first kappa shape index (κ1) is 19.5. The smallest absolute Gasteiger partial charge is 0.198 e. The molecule has 0 bridgehead atoms. The second-order valence-electron chi connectivity index (χ2n) is 7.57. The third-order valence-corrected chi connectivity index (χ3v) is 5.46. The number of para-hydroxylation sites is 1. The van der Waals surface area contributed by atoms with Gasteiger partial charge in [-0.1, -0.05) is 24.3 Å². The Morgan fingerprint density at radius 3 is 2.79 bits per heavy atom. The highest BCUT2D eigenvalue weighted by Gasteiger charge is 2.21. The number of rotatable bonds is 4. The first-order valence-corrected chi connectivity index (χ1v) is 10.3. The Bertz CT molecular complexity index is 1710. The van der Waals surface area contributed by atoms with Crippen molar-refractivity contribution >= 4 is 22.6 Å². The predicted molar refractivity (Wildman–Crippen MR) is 123 cm³/mol. The van der Waals surface area contributed by atoms with E-state index in [-0.39, 0.29) is 5.82 Å². The molecule has 10 nitrogen and oxygen atoms in total. The Balaban J connectivity index is 1.58. The first-order chi connectivity index (χ1) is 16.7. The van der Waals surface area contributed by atoms with Crippen molar-refractivity contribution in [3.8, 4) is 28.6 Å². The average Bonchev–Trinajstić information content (AvgIpc) is 3.53. The standard InChI is InChI=1S/C24H15N9O/c25-11-14-3-1-4-15(9-14)21-22(17-7-8-28-29-12-17)33-24(23(26)31-21)30-19(32-33)10-16-5-2-6-18-20(16)27-13-34-18/h1-9,12-13H,10H2,(H2,26,31). The normalized spacial score (nSPS) is 11.1. The van der Waals surface area contributed by atoms with Crippen molar-refractivity contribution in [3.05, 3.63) is 84.3 Å².